The minimum atomic E-state index is 0.304. The molecular formula is C42H40N14. The first kappa shape index (κ1) is 33.8. The molecule has 1 fully saturated rings. The summed E-state index contributed by atoms with van der Waals surface area (Å²) in [6.45, 7) is 7.94. The predicted molar refractivity (Wildman–Crippen MR) is 215 cm³/mol. The van der Waals surface area contributed by atoms with E-state index in [-0.39, 0.29) is 0 Å². The minimum absolute atomic E-state index is 0.304. The highest BCUT2D eigenvalue weighted by molar-refractivity contribution is 6.03. The van der Waals surface area contributed by atoms with Gasteiger partial charge in [0.2, 0.25) is 0 Å². The van der Waals surface area contributed by atoms with Crippen molar-refractivity contribution in [2.24, 2.45) is 14.1 Å². The van der Waals surface area contributed by atoms with Crippen LogP contribution < -0.4 is 0 Å². The van der Waals surface area contributed by atoms with Gasteiger partial charge in [-0.25, -0.2) is 29.0 Å². The second-order valence-electron chi connectivity index (χ2n) is 14.9. The predicted octanol–water partition coefficient (Wildman–Crippen LogP) is 6.80. The number of hydrogen-bond acceptors (Lipinski definition) is 10. The van der Waals surface area contributed by atoms with Crippen molar-refractivity contribution in [3.63, 3.8) is 0 Å². The number of pyridine rings is 2. The number of aromatic nitrogens is 14. The van der Waals surface area contributed by atoms with Crippen molar-refractivity contribution in [3.8, 4) is 0 Å². The molecule has 2 atom stereocenters. The van der Waals surface area contributed by atoms with Crippen LogP contribution in [-0.2, 0) is 26.9 Å². The lowest BCUT2D eigenvalue weighted by molar-refractivity contribution is 0.708. The average molecular weight is 741 g/mol. The van der Waals surface area contributed by atoms with Gasteiger partial charge in [-0.3, -0.25) is 19.9 Å². The molecular weight excluding hydrogens is 701 g/mol. The Kier molecular flexibility index (Phi) is 7.83. The standard InChI is InChI=1S/C21H19N7.C21H21N7/c1-11-10-23-12(2)20-25-19(26-28(11)20)14-9-15(14)21-24-18-13-5-4-8-22-16(13)6-7-17(18)27(21)3;1-13-12-23-14(2)21-24-18(26-28(13)21)7-4-8-19-25-20-15-6-5-11-22-16(15)9-10-17(20)27(19)3/h4-8,10,14-15H,9H2,1-3H3;5-6,9-12H,4,7-8H2,1-3H3. The average Bonchev–Trinajstić information content (AvgIpc) is 3.51. The molecule has 1 aliphatic carbocycles. The van der Waals surface area contributed by atoms with Crippen LogP contribution in [0, 0.1) is 27.7 Å². The largest absolute Gasteiger partial charge is 0.331 e. The molecule has 8 heterocycles. The van der Waals surface area contributed by atoms with Gasteiger partial charge in [0.1, 0.15) is 11.6 Å². The molecule has 1 saturated carbocycles. The molecule has 14 nitrogen and oxygen atoms in total. The maximum atomic E-state index is 5.02. The van der Waals surface area contributed by atoms with Gasteiger partial charge < -0.3 is 9.13 Å². The Morgan fingerprint density at radius 1 is 0.607 bits per heavy atom. The molecule has 2 unspecified atom stereocenters. The molecule has 0 radical (unpaired) electrons. The quantitative estimate of drug-likeness (QED) is 0.178. The van der Waals surface area contributed by atoms with E-state index < -0.39 is 0 Å². The van der Waals surface area contributed by atoms with Crippen molar-refractivity contribution in [2.75, 3.05) is 0 Å². The van der Waals surface area contributed by atoms with Gasteiger partial charge in [0.05, 0.1) is 55.9 Å². The monoisotopic (exact) mass is 740 g/mol. The smallest absolute Gasteiger partial charge is 0.177 e. The summed E-state index contributed by atoms with van der Waals surface area (Å²) in [5.41, 5.74) is 11.8. The molecule has 11 rings (SSSR count). The van der Waals surface area contributed by atoms with Crippen molar-refractivity contribution >= 4 is 55.2 Å². The molecule has 0 aliphatic heterocycles. The first-order valence-electron chi connectivity index (χ1n) is 19.0. The van der Waals surface area contributed by atoms with E-state index in [2.05, 4.69) is 89.6 Å². The highest BCUT2D eigenvalue weighted by Crippen LogP contribution is 2.53. The van der Waals surface area contributed by atoms with Crippen LogP contribution in [0.5, 0.6) is 0 Å². The lowest BCUT2D eigenvalue weighted by Gasteiger charge is -2.01. The van der Waals surface area contributed by atoms with E-state index in [1.807, 2.05) is 73.6 Å². The Morgan fingerprint density at radius 3 is 1.86 bits per heavy atom. The van der Waals surface area contributed by atoms with Crippen LogP contribution in [0.3, 0.4) is 0 Å². The lowest BCUT2D eigenvalue weighted by atomic mass is 10.2. The Labute approximate surface area is 321 Å². The second-order valence-corrected chi connectivity index (χ2v) is 14.9. The summed E-state index contributed by atoms with van der Waals surface area (Å²) in [5.74, 6) is 4.56. The molecule has 0 N–H and O–H groups in total. The molecule has 56 heavy (non-hydrogen) atoms. The maximum Gasteiger partial charge on any atom is 0.177 e. The molecule has 1 aliphatic rings. The molecule has 0 bridgehead atoms. The van der Waals surface area contributed by atoms with Crippen molar-refractivity contribution in [2.45, 2.75) is 65.2 Å². The third kappa shape index (κ3) is 5.54. The molecule has 2 aromatic carbocycles. The zero-order chi connectivity index (χ0) is 38.2. The number of nitrogens with zero attached hydrogens (tertiary/aromatic N) is 14. The topological polar surface area (TPSA) is 148 Å². The van der Waals surface area contributed by atoms with E-state index in [1.165, 1.54) is 0 Å². The van der Waals surface area contributed by atoms with Gasteiger partial charge >= 0.3 is 0 Å². The maximum absolute atomic E-state index is 5.02. The third-order valence-corrected chi connectivity index (χ3v) is 11.1. The summed E-state index contributed by atoms with van der Waals surface area (Å²) in [6, 6.07) is 16.4. The van der Waals surface area contributed by atoms with Gasteiger partial charge in [-0.2, -0.15) is 10.2 Å². The Hall–Kier alpha value is -6.70. The van der Waals surface area contributed by atoms with Crippen LogP contribution in [0.25, 0.3) is 55.2 Å². The van der Waals surface area contributed by atoms with Crippen LogP contribution in [0.2, 0.25) is 0 Å². The highest BCUT2D eigenvalue weighted by atomic mass is 15.3. The van der Waals surface area contributed by atoms with E-state index in [1.54, 1.807) is 0 Å². The van der Waals surface area contributed by atoms with Crippen LogP contribution >= 0.6 is 0 Å². The number of fused-ring (bicyclic) bond motifs is 8. The minimum Gasteiger partial charge on any atom is -0.331 e. The molecule has 10 aromatic rings. The van der Waals surface area contributed by atoms with Gasteiger partial charge in [0.15, 0.2) is 22.9 Å². The zero-order valence-electron chi connectivity index (χ0n) is 32.2. The number of imidazole rings is 2. The Balaban J connectivity index is 0.000000137. The van der Waals surface area contributed by atoms with Crippen LogP contribution in [0.1, 0.15) is 70.8 Å². The first-order valence-corrected chi connectivity index (χ1v) is 19.0. The Morgan fingerprint density at radius 2 is 1.21 bits per heavy atom. The summed E-state index contributed by atoms with van der Waals surface area (Å²) >= 11 is 0. The van der Waals surface area contributed by atoms with Gasteiger partial charge in [0.25, 0.3) is 0 Å². The molecule has 8 aromatic heterocycles. The van der Waals surface area contributed by atoms with Gasteiger partial charge in [-0.05, 0) is 89.1 Å². The van der Waals surface area contributed by atoms with E-state index in [4.69, 9.17) is 20.1 Å². The number of rotatable bonds is 6. The van der Waals surface area contributed by atoms with Crippen molar-refractivity contribution < 1.29 is 0 Å². The normalized spacial score (nSPS) is 15.5. The molecule has 278 valence electrons. The van der Waals surface area contributed by atoms with E-state index in [0.717, 1.165) is 127 Å². The van der Waals surface area contributed by atoms with Crippen molar-refractivity contribution in [1.82, 2.24) is 68.2 Å². The van der Waals surface area contributed by atoms with Gasteiger partial charge in [-0.15, -0.1) is 0 Å². The zero-order valence-corrected chi connectivity index (χ0v) is 32.2. The summed E-state index contributed by atoms with van der Waals surface area (Å²) in [5, 5.41) is 11.6. The number of hydrogen-bond donors (Lipinski definition) is 0. The van der Waals surface area contributed by atoms with Gasteiger partial charge in [0, 0.05) is 74.3 Å². The fourth-order valence-electron chi connectivity index (χ4n) is 7.92. The van der Waals surface area contributed by atoms with E-state index in [9.17, 15) is 0 Å². The molecule has 0 spiro atoms. The van der Waals surface area contributed by atoms with Crippen LogP contribution in [0.15, 0.2) is 73.3 Å². The summed E-state index contributed by atoms with van der Waals surface area (Å²) in [7, 11) is 4.17. The van der Waals surface area contributed by atoms with E-state index >= 15 is 0 Å². The van der Waals surface area contributed by atoms with Crippen LogP contribution in [-0.4, -0.2) is 68.2 Å². The van der Waals surface area contributed by atoms with Crippen molar-refractivity contribution in [3.05, 3.63) is 119 Å². The SMILES string of the molecule is Cc1ncc(C)n2nc(C3CC3c3nc4c5cccnc5ccc4n3C)nc12.Cc1ncc(C)n2nc(CCCc3nc4c5cccnc5ccc4n3C)nc12. The van der Waals surface area contributed by atoms with Gasteiger partial charge in [-0.1, -0.05) is 0 Å². The fourth-order valence-corrected chi connectivity index (χ4v) is 7.92. The van der Waals surface area contributed by atoms with E-state index in [0.29, 0.717) is 11.8 Å². The van der Waals surface area contributed by atoms with Crippen molar-refractivity contribution in [1.29, 1.82) is 0 Å². The number of aryl methyl sites for hydroxylation is 8. The molecule has 0 amide bonds. The summed E-state index contributed by atoms with van der Waals surface area (Å²) < 4.78 is 8.17. The molecule has 0 saturated heterocycles. The highest BCUT2D eigenvalue weighted by Gasteiger charge is 2.45. The lowest BCUT2D eigenvalue weighted by Crippen LogP contribution is -2.00. The second kappa shape index (κ2) is 13.0. The number of benzene rings is 2. The third-order valence-electron chi connectivity index (χ3n) is 11.1. The summed E-state index contributed by atoms with van der Waals surface area (Å²) in [6.07, 6.45) is 11.0. The first-order chi connectivity index (χ1) is 27.2. The Bertz CT molecular complexity index is 3070. The van der Waals surface area contributed by atoms with Crippen LogP contribution in [0.4, 0.5) is 0 Å². The fraction of sp³-hybridized carbons (Fsp3) is 0.286. The summed E-state index contributed by atoms with van der Waals surface area (Å²) in [4.78, 5) is 37.0. The molecule has 14 heteroatoms.